The number of carbonyl (C=O) groups is 15. The Morgan fingerprint density at radius 2 is 0.911 bits per heavy atom. The molecule has 3 aromatic heterocycles. The molecule has 15 atom stereocenters. The van der Waals surface area contributed by atoms with Gasteiger partial charge in [0.05, 0.1) is 55.1 Å². The van der Waals surface area contributed by atoms with Crippen LogP contribution in [0.4, 0.5) is 0 Å². The summed E-state index contributed by atoms with van der Waals surface area (Å²) in [4.78, 5) is 240. The first-order valence-corrected chi connectivity index (χ1v) is 52.1. The largest absolute Gasteiger partial charge is 0.508 e. The first-order valence-electron chi connectivity index (χ1n) is 50.7. The molecule has 48 heteroatoms. The van der Waals surface area contributed by atoms with E-state index < -0.39 is 198 Å². The highest BCUT2D eigenvalue weighted by Crippen LogP contribution is 2.23. The number of thioether (sulfide) groups is 1. The van der Waals surface area contributed by atoms with E-state index in [1.165, 1.54) is 120 Å². The van der Waals surface area contributed by atoms with Crippen LogP contribution in [0.25, 0.3) is 0 Å². The highest BCUT2D eigenvalue weighted by Gasteiger charge is 2.44. The van der Waals surface area contributed by atoms with E-state index in [-0.39, 0.29) is 156 Å². The number of hydrogen-bond donors (Lipinski definition) is 28. The Morgan fingerprint density at radius 1 is 0.493 bits per heavy atom. The lowest BCUT2D eigenvalue weighted by molar-refractivity contribution is -0.469. The highest BCUT2D eigenvalue weighted by molar-refractivity contribution is 7.98. The summed E-state index contributed by atoms with van der Waals surface area (Å²) in [5.74, 6) is -15.5. The van der Waals surface area contributed by atoms with Crippen LogP contribution in [0.2, 0.25) is 0 Å². The van der Waals surface area contributed by atoms with Gasteiger partial charge in [0.1, 0.15) is 78.9 Å². The number of aromatic amines is 3. The number of amides is 14. The number of allylic oxidation sites excluding steroid dienone is 1. The van der Waals surface area contributed by atoms with Crippen molar-refractivity contribution in [1.29, 1.82) is 16.2 Å². The predicted molar refractivity (Wildman–Crippen MR) is 553 cm³/mol. The molecule has 47 nitrogen and oxygen atoms in total. The fraction of sp³-hybridized carbons (Fsp3) is 0.633. The molecule has 0 saturated carbocycles. The number of aromatic nitrogens is 6. The summed E-state index contributed by atoms with van der Waals surface area (Å²) in [5, 5.41) is 88.2. The van der Waals surface area contributed by atoms with Gasteiger partial charge in [-0.05, 0) is 124 Å². The Bertz CT molecular complexity index is 4870. The summed E-state index contributed by atoms with van der Waals surface area (Å²) >= 11 is 1.35. The maximum Gasteiger partial charge on any atom is 0.409 e. The zero-order valence-electron chi connectivity index (χ0n) is 86.0. The van der Waals surface area contributed by atoms with E-state index in [4.69, 9.17) is 39.2 Å². The van der Waals surface area contributed by atoms with E-state index >= 15 is 14.4 Å². The number of aliphatic hydroxyl groups is 1. The molecule has 1 aliphatic heterocycles. The van der Waals surface area contributed by atoms with Gasteiger partial charge >= 0.3 is 5.91 Å². The number of H-pyrrole nitrogens is 3. The second-order valence-electron chi connectivity index (χ2n) is 38.3. The van der Waals surface area contributed by atoms with Crippen LogP contribution in [0.1, 0.15) is 245 Å². The fourth-order valence-electron chi connectivity index (χ4n) is 16.4. The van der Waals surface area contributed by atoms with Crippen LogP contribution < -0.4 is 108 Å². The highest BCUT2D eigenvalue weighted by atomic mass is 32.2. The van der Waals surface area contributed by atoms with Crippen LogP contribution >= 0.6 is 11.8 Å². The van der Waals surface area contributed by atoms with Gasteiger partial charge in [0.15, 0.2) is 29.7 Å². The molecule has 146 heavy (non-hydrogen) atoms. The summed E-state index contributed by atoms with van der Waals surface area (Å²) in [5.41, 5.74) is 23.9. The molecule has 4 aromatic rings. The number of benzene rings is 1. The second-order valence-corrected chi connectivity index (χ2v) is 39.3. The SMILES string of the molecule is C=[N+](C(=O)C(CCSC)NC(=O)C(Cc1c[nH]cn1)NC(=O)C(NC1=CC(=O)CC(NC(=O)C(CCCNC(=N)N)NC(=O)C(NC(=O)C(CO)NC(=O)C(Cc2c[nH]cn2)NC(=O)C(CC(C)C)NC(=O)C(CCCNC(=N)N)NC(=O)C(CCCNC(=N)N)NC(=O)CCCCCCCCCCCCCCC)C(C)C)C(=O)NC1Cc1ccc(O)cc1)C(C)CC)C(Cc1c[nH]cn1)C(=O)NC(CC(C)C)C(N)=O. The van der Waals surface area contributed by atoms with Gasteiger partial charge in [-0.1, -0.05) is 158 Å². The molecule has 0 saturated heterocycles. The minimum absolute atomic E-state index is 0.00268. The third-order valence-corrected chi connectivity index (χ3v) is 25.4. The number of nitrogens with two attached hydrogens (primary N) is 4. The second kappa shape index (κ2) is 66.5. The molecule has 0 bridgehead atoms. The number of unbranched alkanes of at least 4 members (excludes halogenated alkanes) is 12. The summed E-state index contributed by atoms with van der Waals surface area (Å²) < 4.78 is 0.913. The van der Waals surface area contributed by atoms with Gasteiger partial charge in [0, 0.05) is 75.7 Å². The summed E-state index contributed by atoms with van der Waals surface area (Å²) in [6.45, 7) is 19.1. The van der Waals surface area contributed by atoms with E-state index in [0.29, 0.717) is 35.5 Å². The molecule has 1 aromatic carbocycles. The van der Waals surface area contributed by atoms with E-state index in [1.807, 2.05) is 13.8 Å². The number of phenolic OH excluding ortho intramolecular Hbond substituents is 1. The van der Waals surface area contributed by atoms with Gasteiger partial charge in [-0.3, -0.25) is 83.4 Å². The molecule has 32 N–H and O–H groups in total. The Morgan fingerprint density at radius 3 is 1.38 bits per heavy atom. The van der Waals surface area contributed by atoms with Gasteiger partial charge < -0.3 is 133 Å². The number of rotatable bonds is 71. The molecule has 810 valence electrons. The van der Waals surface area contributed by atoms with Crippen molar-refractivity contribution in [2.24, 2.45) is 46.6 Å². The maximum atomic E-state index is 15.3. The first-order chi connectivity index (χ1) is 69.5. The molecule has 0 fully saturated rings. The molecule has 0 spiro atoms. The lowest BCUT2D eigenvalue weighted by Gasteiger charge is -2.33. The molecule has 1 aliphatic rings. The van der Waals surface area contributed by atoms with E-state index in [9.17, 15) is 67.7 Å². The first kappa shape index (κ1) is 123. The normalized spacial score (nSPS) is 15.7. The third-order valence-electron chi connectivity index (χ3n) is 24.7. The van der Waals surface area contributed by atoms with Crippen molar-refractivity contribution in [2.45, 2.75) is 333 Å². The quantitative estimate of drug-likeness (QED) is 0.0123. The Hall–Kier alpha value is -13.6. The topological polar surface area (TPSA) is 754 Å². The Kier molecular flexibility index (Phi) is 55.9. The smallest absolute Gasteiger partial charge is 0.409 e. The molecule has 14 amide bonds. The van der Waals surface area contributed by atoms with Crippen molar-refractivity contribution >= 4 is 125 Å². The van der Waals surface area contributed by atoms with Crippen molar-refractivity contribution in [1.82, 2.24) is 115 Å². The summed E-state index contributed by atoms with van der Waals surface area (Å²) in [6.07, 6.45) is 25.0. The van der Waals surface area contributed by atoms with E-state index in [0.717, 1.165) is 42.8 Å². The predicted octanol–water partition coefficient (Wildman–Crippen LogP) is 0.369. The standard InChI is InChI=1S/C98H160N30O17S/c1-12-14-15-16-17-18-19-20-21-22-23-24-25-32-80(132)115-67(29-26-38-109-96(100)101)84(134)117-68(30-27-39-110-97(102)103)85(135)122-74(43-58(5)6)87(137)123-75(45-62-50-106-54-112-62)89(139)126-78(53-129)91(141)127-81(59(7)8)93(143)118-69(31-28-40-111-98(104)105)86(136)124-77-49-66(131)48-72(71(120-90(77)140)44-61-33-35-65(130)36-34-61)116-82(60(9)13-2)94(144)125-76(46-63-51-107-55-113-63)88(138)119-70(37-41-146-11)95(145)128(10)79(47-64-52-108-56-114-64)92(142)121-73(83(99)133)42-57(3)4/h33-36,48,50-52,54-60,67-71,73-79,81-82,129H,10,12-32,37-47,49,53H2,1-9,11H3,(H30-,99,100,101,102,103,104,105,106,107,108,109,110,111,112,113,114,115,116,117,118,119,120,121,122,123,124,125,126,127,130,131,132,133,134,135,136,137,138,139,140,141,142,143,144)/p+1. The van der Waals surface area contributed by atoms with Crippen LogP contribution in [0, 0.1) is 39.9 Å². The molecule has 4 heterocycles. The molecule has 5 rings (SSSR count). The maximum absolute atomic E-state index is 15.3. The number of carbonyl (C=O) groups excluding carboxylic acids is 15. The number of ketones is 1. The lowest BCUT2D eigenvalue weighted by Crippen LogP contribution is -2.62. The van der Waals surface area contributed by atoms with Crippen LogP contribution in [-0.4, -0.2) is 281 Å². The van der Waals surface area contributed by atoms with E-state index in [1.54, 1.807) is 46.1 Å². The van der Waals surface area contributed by atoms with Gasteiger partial charge in [-0.25, -0.2) is 19.7 Å². The number of guanidine groups is 3. The van der Waals surface area contributed by atoms with Crippen molar-refractivity contribution in [3.63, 3.8) is 0 Å². The van der Waals surface area contributed by atoms with Gasteiger partial charge in [0.2, 0.25) is 76.9 Å². The van der Waals surface area contributed by atoms with Crippen LogP contribution in [0.15, 0.2) is 73.6 Å². The zero-order valence-corrected chi connectivity index (χ0v) is 86.8. The third kappa shape index (κ3) is 46.2. The average Bonchev–Trinajstić information content (AvgIpc) is 1.30. The van der Waals surface area contributed by atoms with Crippen LogP contribution in [0.3, 0.4) is 0 Å². The number of primary amides is 1. The Labute approximate surface area is 858 Å². The van der Waals surface area contributed by atoms with Crippen molar-refractivity contribution < 1.29 is 86.7 Å². The fourth-order valence-corrected chi connectivity index (χ4v) is 16.8. The van der Waals surface area contributed by atoms with Crippen LogP contribution in [-0.2, 0) is 97.6 Å². The number of imidazole rings is 3. The number of aromatic hydroxyl groups is 1. The number of nitrogens with zero attached hydrogens (tertiary/aromatic N) is 4. The summed E-state index contributed by atoms with van der Waals surface area (Å²) in [7, 11) is 0. The number of nitrogens with one attached hydrogen (secondary N) is 22. The Balaban J connectivity index is 1.39. The van der Waals surface area contributed by atoms with Crippen LogP contribution in [0.5, 0.6) is 5.75 Å². The lowest BCUT2D eigenvalue weighted by atomic mass is 9.93. The number of phenols is 1. The average molecular weight is 2060 g/mol. The molecule has 0 aliphatic carbocycles. The molecule has 0 radical (unpaired) electrons. The van der Waals surface area contributed by atoms with Gasteiger partial charge in [-0.15, -0.1) is 0 Å². The minimum Gasteiger partial charge on any atom is -0.508 e. The molecule has 15 unspecified atom stereocenters. The van der Waals surface area contributed by atoms with Gasteiger partial charge in [0.25, 0.3) is 5.91 Å². The number of aliphatic hydroxyl groups excluding tert-OH is 1. The van der Waals surface area contributed by atoms with E-state index in [2.05, 4.69) is 129 Å². The van der Waals surface area contributed by atoms with Crippen molar-refractivity contribution in [3.8, 4) is 5.75 Å². The number of hydrogen-bond acceptors (Lipinski definition) is 25. The van der Waals surface area contributed by atoms with Crippen molar-refractivity contribution in [3.05, 3.63) is 96.3 Å². The molecular formula is C98H161N30O17S+. The van der Waals surface area contributed by atoms with Gasteiger partial charge in [-0.2, -0.15) is 16.3 Å². The zero-order chi connectivity index (χ0) is 108. The minimum atomic E-state index is -1.86. The van der Waals surface area contributed by atoms with Crippen molar-refractivity contribution in [2.75, 3.05) is 38.2 Å². The summed E-state index contributed by atoms with van der Waals surface area (Å²) in [6, 6.07) is -14.3. The monoisotopic (exact) mass is 2060 g/mol. The molecular weight excluding hydrogens is 1900 g/mol.